The van der Waals surface area contributed by atoms with Gasteiger partial charge in [-0.3, -0.25) is 9.36 Å². The van der Waals surface area contributed by atoms with E-state index in [1.54, 1.807) is 10.8 Å². The fourth-order valence-corrected chi connectivity index (χ4v) is 2.22. The Hall–Kier alpha value is -1.71. The number of fused-ring (bicyclic) bond motifs is 1. The van der Waals surface area contributed by atoms with Crippen molar-refractivity contribution < 1.29 is 0 Å². The lowest BCUT2D eigenvalue weighted by molar-refractivity contribution is 0.691. The second-order valence-electron chi connectivity index (χ2n) is 4.48. The van der Waals surface area contributed by atoms with Crippen LogP contribution in [0.15, 0.2) is 23.4 Å². The van der Waals surface area contributed by atoms with E-state index < -0.39 is 0 Å². The maximum atomic E-state index is 12.3. The molecule has 0 radical (unpaired) electrons. The Labute approximate surface area is 107 Å². The molecule has 0 aliphatic carbocycles. The molecule has 0 fully saturated rings. The zero-order chi connectivity index (χ0) is 13.0. The van der Waals surface area contributed by atoms with E-state index in [1.807, 2.05) is 13.0 Å². The highest BCUT2D eigenvalue weighted by Gasteiger charge is 2.08. The number of aryl methyl sites for hydroxylation is 2. The fraction of sp³-hybridized carbons (Fsp3) is 0.500. The van der Waals surface area contributed by atoms with Crippen molar-refractivity contribution in [2.75, 3.05) is 0 Å². The normalized spacial score (nSPS) is 11.0. The molecule has 18 heavy (non-hydrogen) atoms. The minimum atomic E-state index is 0.0970. The molecule has 0 unspecified atom stereocenters. The Bertz CT molecular complexity index is 589. The number of aromatic nitrogens is 3. The van der Waals surface area contributed by atoms with E-state index in [1.165, 1.54) is 12.7 Å². The third-order valence-corrected chi connectivity index (χ3v) is 3.19. The molecule has 4 nitrogen and oxygen atoms in total. The average Bonchev–Trinajstić information content (AvgIpc) is 2.40. The van der Waals surface area contributed by atoms with Crippen molar-refractivity contribution in [3.05, 3.63) is 34.5 Å². The summed E-state index contributed by atoms with van der Waals surface area (Å²) >= 11 is 0. The van der Waals surface area contributed by atoms with Crippen LogP contribution in [-0.2, 0) is 13.0 Å². The van der Waals surface area contributed by atoms with Crippen LogP contribution in [-0.4, -0.2) is 14.5 Å². The van der Waals surface area contributed by atoms with Gasteiger partial charge in [0, 0.05) is 23.7 Å². The topological polar surface area (TPSA) is 47.8 Å². The van der Waals surface area contributed by atoms with Crippen molar-refractivity contribution in [1.82, 2.24) is 14.5 Å². The van der Waals surface area contributed by atoms with Gasteiger partial charge in [-0.25, -0.2) is 9.97 Å². The Balaban J connectivity index is 2.48. The molecule has 0 bridgehead atoms. The molecular formula is C14H19N3O. The molecule has 0 aliphatic heterocycles. The summed E-state index contributed by atoms with van der Waals surface area (Å²) in [5.41, 5.74) is 1.71. The lowest BCUT2D eigenvalue weighted by Gasteiger charge is -2.09. The third-order valence-electron chi connectivity index (χ3n) is 3.19. The van der Waals surface area contributed by atoms with Gasteiger partial charge in [0.2, 0.25) is 0 Å². The molecule has 0 aromatic carbocycles. The number of nitrogens with zero attached hydrogens (tertiary/aromatic N) is 3. The van der Waals surface area contributed by atoms with E-state index in [2.05, 4.69) is 16.9 Å². The summed E-state index contributed by atoms with van der Waals surface area (Å²) in [5, 5.41) is 0.949. The van der Waals surface area contributed by atoms with Gasteiger partial charge >= 0.3 is 0 Å². The molecule has 0 saturated carbocycles. The minimum absolute atomic E-state index is 0.0970. The Morgan fingerprint density at radius 3 is 2.83 bits per heavy atom. The summed E-state index contributed by atoms with van der Waals surface area (Å²) in [7, 11) is 0. The first kappa shape index (κ1) is 12.7. The Morgan fingerprint density at radius 2 is 2.11 bits per heavy atom. The first-order chi connectivity index (χ1) is 8.77. The molecule has 96 valence electrons. The van der Waals surface area contributed by atoms with Gasteiger partial charge < -0.3 is 0 Å². The van der Waals surface area contributed by atoms with Crippen LogP contribution in [0.1, 0.15) is 38.7 Å². The van der Waals surface area contributed by atoms with Crippen LogP contribution in [0.25, 0.3) is 11.0 Å². The van der Waals surface area contributed by atoms with E-state index >= 15 is 0 Å². The summed E-state index contributed by atoms with van der Waals surface area (Å²) in [5.74, 6) is 0. The summed E-state index contributed by atoms with van der Waals surface area (Å²) in [6.07, 6.45) is 7.50. The molecule has 0 spiro atoms. The molecule has 2 rings (SSSR count). The number of unbranched alkanes of at least 4 members (excludes halogenated alkanes) is 2. The average molecular weight is 245 g/mol. The molecular weight excluding hydrogens is 226 g/mol. The first-order valence-corrected chi connectivity index (χ1v) is 6.60. The molecule has 0 atom stereocenters. The van der Waals surface area contributed by atoms with E-state index in [0.29, 0.717) is 6.54 Å². The van der Waals surface area contributed by atoms with Crippen LogP contribution in [0.5, 0.6) is 0 Å². The molecule has 0 saturated heterocycles. The predicted octanol–water partition coefficient (Wildman–Crippen LogP) is 2.54. The Kier molecular flexibility index (Phi) is 4.07. The molecule has 2 aromatic heterocycles. The SMILES string of the molecule is CCCCCc1cc2cncnc2n(CC)c1=O. The molecule has 0 amide bonds. The lowest BCUT2D eigenvalue weighted by atomic mass is 10.1. The van der Waals surface area contributed by atoms with Gasteiger partial charge in [0.15, 0.2) is 0 Å². The highest BCUT2D eigenvalue weighted by Crippen LogP contribution is 2.11. The zero-order valence-corrected chi connectivity index (χ0v) is 11.0. The maximum Gasteiger partial charge on any atom is 0.255 e. The highest BCUT2D eigenvalue weighted by molar-refractivity contribution is 5.74. The molecule has 4 heteroatoms. The van der Waals surface area contributed by atoms with Crippen LogP contribution in [0.2, 0.25) is 0 Å². The molecule has 0 aliphatic rings. The molecule has 2 heterocycles. The first-order valence-electron chi connectivity index (χ1n) is 6.60. The van der Waals surface area contributed by atoms with Gasteiger partial charge in [-0.15, -0.1) is 0 Å². The standard InChI is InChI=1S/C14H19N3O/c1-3-5-6-7-11-8-12-9-15-10-16-13(12)17(4-2)14(11)18/h8-10H,3-7H2,1-2H3. The van der Waals surface area contributed by atoms with Crippen molar-refractivity contribution in [1.29, 1.82) is 0 Å². The van der Waals surface area contributed by atoms with E-state index in [-0.39, 0.29) is 5.56 Å². The zero-order valence-electron chi connectivity index (χ0n) is 11.0. The lowest BCUT2D eigenvalue weighted by Crippen LogP contribution is -2.24. The fourth-order valence-electron chi connectivity index (χ4n) is 2.22. The quantitative estimate of drug-likeness (QED) is 0.760. The van der Waals surface area contributed by atoms with E-state index in [0.717, 1.165) is 35.9 Å². The van der Waals surface area contributed by atoms with Crippen LogP contribution in [0.3, 0.4) is 0 Å². The van der Waals surface area contributed by atoms with Crippen molar-refractivity contribution in [2.24, 2.45) is 0 Å². The van der Waals surface area contributed by atoms with Gasteiger partial charge in [0.05, 0.1) is 0 Å². The summed E-state index contributed by atoms with van der Waals surface area (Å²) < 4.78 is 1.73. The number of rotatable bonds is 5. The highest BCUT2D eigenvalue weighted by atomic mass is 16.1. The van der Waals surface area contributed by atoms with Gasteiger partial charge in [-0.05, 0) is 25.8 Å². The minimum Gasteiger partial charge on any atom is -0.293 e. The van der Waals surface area contributed by atoms with Crippen LogP contribution in [0, 0.1) is 0 Å². The smallest absolute Gasteiger partial charge is 0.255 e. The van der Waals surface area contributed by atoms with Crippen LogP contribution in [0.4, 0.5) is 0 Å². The summed E-state index contributed by atoms with van der Waals surface area (Å²) in [6, 6.07) is 1.94. The van der Waals surface area contributed by atoms with E-state index in [4.69, 9.17) is 0 Å². The van der Waals surface area contributed by atoms with Crippen molar-refractivity contribution >= 4 is 11.0 Å². The van der Waals surface area contributed by atoms with Gasteiger partial charge in [0.25, 0.3) is 5.56 Å². The second kappa shape index (κ2) is 5.76. The van der Waals surface area contributed by atoms with Crippen molar-refractivity contribution in [2.45, 2.75) is 46.1 Å². The van der Waals surface area contributed by atoms with Gasteiger partial charge in [0.1, 0.15) is 12.0 Å². The molecule has 2 aromatic rings. The van der Waals surface area contributed by atoms with Gasteiger partial charge in [-0.2, -0.15) is 0 Å². The third kappa shape index (κ3) is 2.42. The predicted molar refractivity (Wildman–Crippen MR) is 72.7 cm³/mol. The van der Waals surface area contributed by atoms with Crippen molar-refractivity contribution in [3.63, 3.8) is 0 Å². The van der Waals surface area contributed by atoms with Gasteiger partial charge in [-0.1, -0.05) is 19.8 Å². The summed E-state index contributed by atoms with van der Waals surface area (Å²) in [6.45, 7) is 4.78. The van der Waals surface area contributed by atoms with Crippen LogP contribution < -0.4 is 5.56 Å². The Morgan fingerprint density at radius 1 is 1.28 bits per heavy atom. The number of hydrogen-bond acceptors (Lipinski definition) is 3. The van der Waals surface area contributed by atoms with E-state index in [9.17, 15) is 4.79 Å². The molecule has 0 N–H and O–H groups in total. The largest absolute Gasteiger partial charge is 0.293 e. The number of pyridine rings is 1. The number of hydrogen-bond donors (Lipinski definition) is 0. The maximum absolute atomic E-state index is 12.3. The monoisotopic (exact) mass is 245 g/mol. The second-order valence-corrected chi connectivity index (χ2v) is 4.48. The van der Waals surface area contributed by atoms with Crippen LogP contribution >= 0.6 is 0 Å². The summed E-state index contributed by atoms with van der Waals surface area (Å²) in [4.78, 5) is 20.5. The van der Waals surface area contributed by atoms with Crippen molar-refractivity contribution in [3.8, 4) is 0 Å².